The third-order valence-corrected chi connectivity index (χ3v) is 4.88. The molecule has 0 atom stereocenters. The van der Waals surface area contributed by atoms with Gasteiger partial charge in [-0.3, -0.25) is 10.1 Å². The van der Waals surface area contributed by atoms with Crippen molar-refractivity contribution in [2.24, 2.45) is 0 Å². The van der Waals surface area contributed by atoms with Crippen LogP contribution in [0.25, 0.3) is 11.6 Å². The average Bonchev–Trinajstić information content (AvgIpc) is 2.99. The topological polar surface area (TPSA) is 71.5 Å². The fraction of sp³-hybridized carbons (Fsp3) is 0.227. The summed E-state index contributed by atoms with van der Waals surface area (Å²) in [4.78, 5) is 29.9. The lowest BCUT2D eigenvalue weighted by molar-refractivity contribution is -0.125. The normalized spacial score (nSPS) is 16.6. The summed E-state index contributed by atoms with van der Waals surface area (Å²) in [5.74, 6) is 0.497. The molecule has 4 rings (SSSR count). The van der Waals surface area contributed by atoms with E-state index in [2.05, 4.69) is 28.5 Å². The Morgan fingerprint density at radius 1 is 1.21 bits per heavy atom. The van der Waals surface area contributed by atoms with Gasteiger partial charge in [-0.1, -0.05) is 36.4 Å². The second-order valence-electron chi connectivity index (χ2n) is 6.77. The van der Waals surface area contributed by atoms with Crippen molar-refractivity contribution in [2.45, 2.75) is 19.4 Å². The van der Waals surface area contributed by atoms with Gasteiger partial charge in [-0.05, 0) is 41.7 Å². The van der Waals surface area contributed by atoms with Crippen molar-refractivity contribution in [2.75, 3.05) is 18.4 Å². The van der Waals surface area contributed by atoms with Gasteiger partial charge in [-0.15, -0.1) is 0 Å². The van der Waals surface area contributed by atoms with Crippen molar-refractivity contribution in [1.82, 2.24) is 9.88 Å². The summed E-state index contributed by atoms with van der Waals surface area (Å²) < 4.78 is 4.95. The maximum atomic E-state index is 12.6. The van der Waals surface area contributed by atoms with Crippen LogP contribution in [-0.4, -0.2) is 35.0 Å². The standard InChI is InChI=1S/C22H21N3O3/c26-20(9-8-16-13-19-15-28-22(27)24-21(19)23-14-16)25-11-4-7-18(10-12-25)17-5-2-1-3-6-17/h1-3,5-9,13-14H,4,10-12,15H2,(H,23,24,27). The van der Waals surface area contributed by atoms with E-state index in [1.807, 2.05) is 29.2 Å². The van der Waals surface area contributed by atoms with E-state index in [9.17, 15) is 9.59 Å². The number of hydrogen-bond donors (Lipinski definition) is 1. The Morgan fingerprint density at radius 3 is 2.93 bits per heavy atom. The number of cyclic esters (lactones) is 1. The summed E-state index contributed by atoms with van der Waals surface area (Å²) in [5, 5.41) is 2.55. The van der Waals surface area contributed by atoms with Crippen molar-refractivity contribution in [3.63, 3.8) is 0 Å². The minimum atomic E-state index is -0.497. The zero-order chi connectivity index (χ0) is 19.3. The Kier molecular flexibility index (Phi) is 5.19. The van der Waals surface area contributed by atoms with Crippen molar-refractivity contribution in [3.05, 3.63) is 71.4 Å². The number of ether oxygens (including phenoxy) is 1. The number of nitrogens with one attached hydrogen (secondary N) is 1. The number of rotatable bonds is 3. The quantitative estimate of drug-likeness (QED) is 0.827. The Morgan fingerprint density at radius 2 is 2.07 bits per heavy atom. The predicted molar refractivity (Wildman–Crippen MR) is 107 cm³/mol. The third-order valence-electron chi connectivity index (χ3n) is 4.88. The number of hydrogen-bond acceptors (Lipinski definition) is 4. The first-order valence-electron chi connectivity index (χ1n) is 9.33. The van der Waals surface area contributed by atoms with Gasteiger partial charge in [0.15, 0.2) is 0 Å². The molecule has 28 heavy (non-hydrogen) atoms. The second-order valence-corrected chi connectivity index (χ2v) is 6.77. The Balaban J connectivity index is 1.38. The lowest BCUT2D eigenvalue weighted by Crippen LogP contribution is -2.30. The Labute approximate surface area is 163 Å². The molecule has 142 valence electrons. The van der Waals surface area contributed by atoms with Crippen LogP contribution >= 0.6 is 0 Å². The van der Waals surface area contributed by atoms with E-state index in [0.29, 0.717) is 18.9 Å². The Hall–Kier alpha value is -3.41. The number of aromatic nitrogens is 1. The molecule has 3 heterocycles. The van der Waals surface area contributed by atoms with Crippen LogP contribution in [0.4, 0.5) is 10.6 Å². The molecular weight excluding hydrogens is 354 g/mol. The van der Waals surface area contributed by atoms with Gasteiger partial charge in [0.2, 0.25) is 5.91 Å². The van der Waals surface area contributed by atoms with Crippen LogP contribution in [0.15, 0.2) is 54.7 Å². The van der Waals surface area contributed by atoms with Crippen LogP contribution in [0.5, 0.6) is 0 Å². The molecule has 0 unspecified atom stereocenters. The van der Waals surface area contributed by atoms with Crippen LogP contribution in [0.1, 0.15) is 29.5 Å². The van der Waals surface area contributed by atoms with Gasteiger partial charge < -0.3 is 9.64 Å². The van der Waals surface area contributed by atoms with Crippen molar-refractivity contribution in [3.8, 4) is 0 Å². The number of pyridine rings is 1. The molecule has 0 radical (unpaired) electrons. The maximum absolute atomic E-state index is 12.6. The van der Waals surface area contributed by atoms with Crippen molar-refractivity contribution >= 4 is 29.5 Å². The number of nitrogens with zero attached hydrogens (tertiary/aromatic N) is 2. The van der Waals surface area contributed by atoms with Gasteiger partial charge >= 0.3 is 6.09 Å². The highest BCUT2D eigenvalue weighted by molar-refractivity contribution is 5.92. The molecule has 6 heteroatoms. The summed E-state index contributed by atoms with van der Waals surface area (Å²) in [6.45, 7) is 1.60. The summed E-state index contributed by atoms with van der Waals surface area (Å²) in [6.07, 6.45) is 8.40. The van der Waals surface area contributed by atoms with E-state index in [4.69, 9.17) is 4.74 Å². The summed E-state index contributed by atoms with van der Waals surface area (Å²) >= 11 is 0. The van der Waals surface area contributed by atoms with Crippen molar-refractivity contribution in [1.29, 1.82) is 0 Å². The third kappa shape index (κ3) is 4.11. The van der Waals surface area contributed by atoms with Crippen molar-refractivity contribution < 1.29 is 14.3 Å². The summed E-state index contributed by atoms with van der Waals surface area (Å²) in [5.41, 5.74) is 4.10. The molecule has 2 amide bonds. The lowest BCUT2D eigenvalue weighted by atomic mass is 10.0. The monoisotopic (exact) mass is 375 g/mol. The van der Waals surface area contributed by atoms with Crippen LogP contribution in [0.2, 0.25) is 0 Å². The fourth-order valence-electron chi connectivity index (χ4n) is 3.39. The summed E-state index contributed by atoms with van der Waals surface area (Å²) in [7, 11) is 0. The zero-order valence-corrected chi connectivity index (χ0v) is 15.4. The fourth-order valence-corrected chi connectivity index (χ4v) is 3.39. The predicted octanol–water partition coefficient (Wildman–Crippen LogP) is 3.86. The summed E-state index contributed by atoms with van der Waals surface area (Å²) in [6, 6.07) is 12.2. The van der Waals surface area contributed by atoms with Crippen LogP contribution in [0, 0.1) is 0 Å². The number of carbonyl (C=O) groups excluding carboxylic acids is 2. The molecule has 2 aliphatic heterocycles. The highest BCUT2D eigenvalue weighted by Crippen LogP contribution is 2.23. The van der Waals surface area contributed by atoms with Gasteiger partial charge in [0, 0.05) is 30.9 Å². The number of amides is 2. The minimum Gasteiger partial charge on any atom is -0.444 e. The van der Waals surface area contributed by atoms with Gasteiger partial charge in [0.25, 0.3) is 0 Å². The van der Waals surface area contributed by atoms with E-state index in [0.717, 1.165) is 24.0 Å². The van der Waals surface area contributed by atoms with Gasteiger partial charge in [-0.2, -0.15) is 0 Å². The van der Waals surface area contributed by atoms with Gasteiger partial charge in [-0.25, -0.2) is 9.78 Å². The molecule has 0 saturated heterocycles. The number of anilines is 1. The van der Waals surface area contributed by atoms with E-state index in [1.165, 1.54) is 11.1 Å². The first-order chi connectivity index (χ1) is 13.7. The molecule has 1 aromatic carbocycles. The molecule has 1 N–H and O–H groups in total. The van der Waals surface area contributed by atoms with Crippen LogP contribution in [0.3, 0.4) is 0 Å². The molecule has 0 bridgehead atoms. The molecule has 1 aromatic heterocycles. The second kappa shape index (κ2) is 8.08. The van der Waals surface area contributed by atoms with E-state index in [-0.39, 0.29) is 12.5 Å². The van der Waals surface area contributed by atoms with E-state index < -0.39 is 6.09 Å². The molecular formula is C22H21N3O3. The molecule has 2 aromatic rings. The van der Waals surface area contributed by atoms with Crippen LogP contribution in [-0.2, 0) is 16.1 Å². The van der Waals surface area contributed by atoms with Gasteiger partial charge in [0.1, 0.15) is 12.4 Å². The highest BCUT2D eigenvalue weighted by atomic mass is 16.5. The van der Waals surface area contributed by atoms with Gasteiger partial charge in [0.05, 0.1) is 0 Å². The molecule has 2 aliphatic rings. The van der Waals surface area contributed by atoms with Crippen LogP contribution < -0.4 is 5.32 Å². The van der Waals surface area contributed by atoms with E-state index >= 15 is 0 Å². The molecule has 0 saturated carbocycles. The Bertz CT molecular complexity index is 951. The highest BCUT2D eigenvalue weighted by Gasteiger charge is 2.17. The lowest BCUT2D eigenvalue weighted by Gasteiger charge is -2.19. The molecule has 0 aliphatic carbocycles. The molecule has 6 nitrogen and oxygen atoms in total. The maximum Gasteiger partial charge on any atom is 0.413 e. The average molecular weight is 375 g/mol. The smallest absolute Gasteiger partial charge is 0.413 e. The molecule has 0 fully saturated rings. The number of carbonyl (C=O) groups is 2. The SMILES string of the molecule is O=C1Nc2ncc(C=CC(=O)N3CCC=C(c4ccccc4)CC3)cc2CO1. The largest absolute Gasteiger partial charge is 0.444 e. The minimum absolute atomic E-state index is 0.00927. The number of fused-ring (bicyclic) bond motifs is 1. The molecule has 0 spiro atoms. The van der Waals surface area contributed by atoms with E-state index in [1.54, 1.807) is 18.3 Å². The first kappa shape index (κ1) is 18.0. The zero-order valence-electron chi connectivity index (χ0n) is 15.4. The first-order valence-corrected chi connectivity index (χ1v) is 9.33. The number of benzene rings is 1.